The van der Waals surface area contributed by atoms with Crippen LogP contribution in [0.15, 0.2) is 45.5 Å². The van der Waals surface area contributed by atoms with E-state index in [-0.39, 0.29) is 0 Å². The minimum absolute atomic E-state index is 0.369. The van der Waals surface area contributed by atoms with Crippen molar-refractivity contribution in [2.24, 2.45) is 0 Å². The molecule has 16 heavy (non-hydrogen) atoms. The zero-order valence-corrected chi connectivity index (χ0v) is 10.4. The summed E-state index contributed by atoms with van der Waals surface area (Å²) in [6.45, 7) is 0. The molecule has 0 radical (unpaired) electrons. The first kappa shape index (κ1) is 9.93. The molecule has 0 bridgehead atoms. The van der Waals surface area contributed by atoms with E-state index in [9.17, 15) is 0 Å². The number of pyridine rings is 1. The topological polar surface area (TPSA) is 30.4 Å². The van der Waals surface area contributed by atoms with Crippen molar-refractivity contribution >= 4 is 33.2 Å². The molecule has 0 saturated heterocycles. The third kappa shape index (κ3) is 1.64. The summed E-state index contributed by atoms with van der Waals surface area (Å²) in [5.41, 5.74) is 1.63. The highest BCUT2D eigenvalue weighted by molar-refractivity contribution is 9.10. The van der Waals surface area contributed by atoms with Crippen molar-refractivity contribution in [2.75, 3.05) is 0 Å². The van der Waals surface area contributed by atoms with Crippen LogP contribution in [0.25, 0.3) is 17.1 Å². The molecule has 3 heterocycles. The molecule has 0 amide bonds. The van der Waals surface area contributed by atoms with Crippen LogP contribution in [0.1, 0.15) is 0 Å². The highest BCUT2D eigenvalue weighted by atomic mass is 79.9. The van der Waals surface area contributed by atoms with E-state index < -0.39 is 0 Å². The lowest BCUT2D eigenvalue weighted by molar-refractivity contribution is 0.582. The molecule has 3 aromatic rings. The SMILES string of the molecule is Clc1ccc(-c2cn3ccc(Br)cc3n2)o1. The molecule has 0 unspecified atom stereocenters. The Kier molecular flexibility index (Phi) is 2.26. The van der Waals surface area contributed by atoms with Gasteiger partial charge in [0.25, 0.3) is 0 Å². The van der Waals surface area contributed by atoms with Crippen LogP contribution in [-0.4, -0.2) is 9.38 Å². The van der Waals surface area contributed by atoms with E-state index in [1.165, 1.54) is 0 Å². The molecule has 3 aromatic heterocycles. The summed E-state index contributed by atoms with van der Waals surface area (Å²) in [6.07, 6.45) is 3.83. The second-order valence-electron chi connectivity index (χ2n) is 3.34. The normalized spacial score (nSPS) is 11.1. The smallest absolute Gasteiger partial charge is 0.194 e. The minimum Gasteiger partial charge on any atom is -0.443 e. The Labute approximate surface area is 105 Å². The molecule has 0 fully saturated rings. The highest BCUT2D eigenvalue weighted by Crippen LogP contribution is 2.24. The zero-order chi connectivity index (χ0) is 11.1. The van der Waals surface area contributed by atoms with Gasteiger partial charge in [-0.05, 0) is 35.9 Å². The van der Waals surface area contributed by atoms with Gasteiger partial charge in [0.15, 0.2) is 11.0 Å². The summed E-state index contributed by atoms with van der Waals surface area (Å²) in [6, 6.07) is 7.40. The van der Waals surface area contributed by atoms with Gasteiger partial charge in [-0.1, -0.05) is 15.9 Å². The molecule has 0 aromatic carbocycles. The summed E-state index contributed by atoms with van der Waals surface area (Å²) in [7, 11) is 0. The Balaban J connectivity index is 2.18. The summed E-state index contributed by atoms with van der Waals surface area (Å²) in [5, 5.41) is 0.369. The summed E-state index contributed by atoms with van der Waals surface area (Å²) in [5.74, 6) is 0.671. The largest absolute Gasteiger partial charge is 0.443 e. The van der Waals surface area contributed by atoms with Crippen LogP contribution in [0.5, 0.6) is 0 Å². The van der Waals surface area contributed by atoms with Gasteiger partial charge in [0.1, 0.15) is 11.3 Å². The Morgan fingerprint density at radius 1 is 1.31 bits per heavy atom. The molecule has 0 aliphatic rings. The molecule has 0 spiro atoms. The van der Waals surface area contributed by atoms with Gasteiger partial charge in [0.2, 0.25) is 0 Å². The summed E-state index contributed by atoms with van der Waals surface area (Å²) >= 11 is 9.13. The van der Waals surface area contributed by atoms with E-state index in [0.717, 1.165) is 15.8 Å². The minimum atomic E-state index is 0.369. The predicted molar refractivity (Wildman–Crippen MR) is 65.6 cm³/mol. The van der Waals surface area contributed by atoms with Crippen LogP contribution >= 0.6 is 27.5 Å². The Bertz CT molecular complexity index is 659. The molecule has 3 rings (SSSR count). The lowest BCUT2D eigenvalue weighted by atomic mass is 10.4. The molecular formula is C11H6BrClN2O. The van der Waals surface area contributed by atoms with Crippen molar-refractivity contribution < 1.29 is 4.42 Å². The molecule has 0 aliphatic heterocycles. The third-order valence-corrected chi connectivity index (χ3v) is 2.94. The van der Waals surface area contributed by atoms with Crippen LogP contribution in [0.4, 0.5) is 0 Å². The van der Waals surface area contributed by atoms with Crippen LogP contribution in [0.3, 0.4) is 0 Å². The standard InChI is InChI=1S/C11H6BrClN2O/c12-7-3-4-15-6-8(14-11(15)5-7)9-1-2-10(13)16-9/h1-6H. The quantitative estimate of drug-likeness (QED) is 0.679. The summed E-state index contributed by atoms with van der Waals surface area (Å²) < 4.78 is 8.23. The molecule has 0 saturated carbocycles. The predicted octanol–water partition coefficient (Wildman–Crippen LogP) is 4.01. The van der Waals surface area contributed by atoms with Crippen molar-refractivity contribution in [3.63, 3.8) is 0 Å². The molecule has 0 aliphatic carbocycles. The van der Waals surface area contributed by atoms with Gasteiger partial charge in [-0.25, -0.2) is 4.98 Å². The Morgan fingerprint density at radius 2 is 2.19 bits per heavy atom. The van der Waals surface area contributed by atoms with Gasteiger partial charge in [0.05, 0.1) is 0 Å². The van der Waals surface area contributed by atoms with Crippen molar-refractivity contribution in [3.8, 4) is 11.5 Å². The average Bonchev–Trinajstić information content (AvgIpc) is 2.83. The number of nitrogens with zero attached hydrogens (tertiary/aromatic N) is 2. The van der Waals surface area contributed by atoms with Crippen molar-refractivity contribution in [1.82, 2.24) is 9.38 Å². The first-order chi connectivity index (χ1) is 7.72. The van der Waals surface area contributed by atoms with Crippen LogP contribution in [0, 0.1) is 0 Å². The average molecular weight is 298 g/mol. The number of halogens is 2. The number of furan rings is 1. The van der Waals surface area contributed by atoms with Gasteiger partial charge in [0, 0.05) is 16.9 Å². The Hall–Kier alpha value is -1.26. The maximum Gasteiger partial charge on any atom is 0.194 e. The Morgan fingerprint density at radius 3 is 2.94 bits per heavy atom. The van der Waals surface area contributed by atoms with E-state index in [1.807, 2.05) is 28.9 Å². The second-order valence-corrected chi connectivity index (χ2v) is 4.63. The van der Waals surface area contributed by atoms with Crippen molar-refractivity contribution in [1.29, 1.82) is 0 Å². The van der Waals surface area contributed by atoms with Crippen LogP contribution in [-0.2, 0) is 0 Å². The molecular weight excluding hydrogens is 291 g/mol. The van der Waals surface area contributed by atoms with Crippen molar-refractivity contribution in [3.05, 3.63) is 46.4 Å². The van der Waals surface area contributed by atoms with E-state index in [1.54, 1.807) is 12.1 Å². The zero-order valence-electron chi connectivity index (χ0n) is 8.02. The lowest BCUT2D eigenvalue weighted by Crippen LogP contribution is -1.79. The molecule has 0 N–H and O–H groups in total. The number of aromatic nitrogens is 2. The number of hydrogen-bond acceptors (Lipinski definition) is 2. The maximum atomic E-state index is 5.73. The molecule has 0 atom stereocenters. The van der Waals surface area contributed by atoms with Gasteiger partial charge in [-0.2, -0.15) is 0 Å². The number of imidazole rings is 1. The van der Waals surface area contributed by atoms with Gasteiger partial charge < -0.3 is 8.82 Å². The third-order valence-electron chi connectivity index (χ3n) is 2.25. The lowest BCUT2D eigenvalue weighted by Gasteiger charge is -1.91. The highest BCUT2D eigenvalue weighted by Gasteiger charge is 2.08. The maximum absolute atomic E-state index is 5.73. The fourth-order valence-electron chi connectivity index (χ4n) is 1.53. The van der Waals surface area contributed by atoms with E-state index in [0.29, 0.717) is 11.0 Å². The monoisotopic (exact) mass is 296 g/mol. The van der Waals surface area contributed by atoms with E-state index in [4.69, 9.17) is 16.0 Å². The van der Waals surface area contributed by atoms with Gasteiger partial charge in [-0.15, -0.1) is 0 Å². The molecule has 5 heteroatoms. The fourth-order valence-corrected chi connectivity index (χ4v) is 2.00. The van der Waals surface area contributed by atoms with Crippen LogP contribution < -0.4 is 0 Å². The van der Waals surface area contributed by atoms with E-state index >= 15 is 0 Å². The number of hydrogen-bond donors (Lipinski definition) is 0. The van der Waals surface area contributed by atoms with Crippen molar-refractivity contribution in [2.45, 2.75) is 0 Å². The number of rotatable bonds is 1. The van der Waals surface area contributed by atoms with Gasteiger partial charge in [-0.3, -0.25) is 0 Å². The number of fused-ring (bicyclic) bond motifs is 1. The van der Waals surface area contributed by atoms with Crippen LogP contribution in [0.2, 0.25) is 5.22 Å². The molecule has 3 nitrogen and oxygen atoms in total. The molecule has 80 valence electrons. The first-order valence-electron chi connectivity index (χ1n) is 4.62. The van der Waals surface area contributed by atoms with E-state index in [2.05, 4.69) is 20.9 Å². The fraction of sp³-hybridized carbons (Fsp3) is 0. The second kappa shape index (κ2) is 3.64. The van der Waals surface area contributed by atoms with Gasteiger partial charge >= 0.3 is 0 Å². The first-order valence-corrected chi connectivity index (χ1v) is 5.79. The summed E-state index contributed by atoms with van der Waals surface area (Å²) in [4.78, 5) is 4.44.